The highest BCUT2D eigenvalue weighted by Gasteiger charge is 2.00. The smallest absolute Gasteiger partial charge is 0.316 e. The van der Waals surface area contributed by atoms with Crippen LogP contribution in [-0.4, -0.2) is 55.2 Å². The maximum absolute atomic E-state index is 10.9. The van der Waals surface area contributed by atoms with Crippen LogP contribution in [0.25, 0.3) is 0 Å². The van der Waals surface area contributed by atoms with Gasteiger partial charge in [0.2, 0.25) is 0 Å². The molecule has 8 nitrogen and oxygen atoms in total. The first-order valence-corrected chi connectivity index (χ1v) is 4.45. The lowest BCUT2D eigenvalue weighted by atomic mass is 10.7. The van der Waals surface area contributed by atoms with Gasteiger partial charge in [-0.15, -0.1) is 0 Å². The fourth-order valence-electron chi connectivity index (χ4n) is 0.669. The molecular formula is C7H16N4O4. The standard InChI is InChI=1S/C7H16N4O4/c12-3-1-8-6(14)10-5-11-7(15)9-2-4-13/h12-13H,1-5H2,(H2,8,10,14)(H2,9,11,15). The van der Waals surface area contributed by atoms with E-state index in [2.05, 4.69) is 21.3 Å². The van der Waals surface area contributed by atoms with Crippen LogP contribution in [0, 0.1) is 0 Å². The summed E-state index contributed by atoms with van der Waals surface area (Å²) in [7, 11) is 0. The largest absolute Gasteiger partial charge is 0.395 e. The zero-order valence-electron chi connectivity index (χ0n) is 8.25. The summed E-state index contributed by atoms with van der Waals surface area (Å²) in [5, 5.41) is 26.1. The van der Waals surface area contributed by atoms with E-state index in [1.807, 2.05) is 0 Å². The minimum absolute atomic E-state index is 0.0332. The molecule has 0 saturated heterocycles. The number of hydrogen-bond donors (Lipinski definition) is 6. The minimum atomic E-state index is -0.480. The van der Waals surface area contributed by atoms with Gasteiger partial charge in [0, 0.05) is 13.1 Å². The molecule has 0 unspecified atom stereocenters. The molecule has 4 amide bonds. The molecule has 0 aliphatic rings. The van der Waals surface area contributed by atoms with Crippen LogP contribution in [-0.2, 0) is 0 Å². The molecule has 0 heterocycles. The number of urea groups is 2. The Balaban J connectivity index is 3.36. The monoisotopic (exact) mass is 220 g/mol. The third kappa shape index (κ3) is 8.78. The average Bonchev–Trinajstić information content (AvgIpc) is 2.23. The lowest BCUT2D eigenvalue weighted by Gasteiger charge is -2.08. The lowest BCUT2D eigenvalue weighted by molar-refractivity contribution is 0.228. The van der Waals surface area contributed by atoms with E-state index in [9.17, 15) is 9.59 Å². The van der Waals surface area contributed by atoms with Crippen molar-refractivity contribution in [1.82, 2.24) is 21.3 Å². The third-order valence-electron chi connectivity index (χ3n) is 1.29. The van der Waals surface area contributed by atoms with Crippen LogP contribution in [0.3, 0.4) is 0 Å². The van der Waals surface area contributed by atoms with Gasteiger partial charge in [0.15, 0.2) is 0 Å². The molecule has 8 heteroatoms. The van der Waals surface area contributed by atoms with Gasteiger partial charge >= 0.3 is 12.1 Å². The van der Waals surface area contributed by atoms with E-state index in [0.717, 1.165) is 0 Å². The van der Waals surface area contributed by atoms with Gasteiger partial charge in [-0.25, -0.2) is 9.59 Å². The highest BCUT2D eigenvalue weighted by atomic mass is 16.3. The fourth-order valence-corrected chi connectivity index (χ4v) is 0.669. The zero-order valence-corrected chi connectivity index (χ0v) is 8.25. The van der Waals surface area contributed by atoms with Crippen LogP contribution >= 0.6 is 0 Å². The van der Waals surface area contributed by atoms with Gasteiger partial charge in [-0.05, 0) is 0 Å². The summed E-state index contributed by atoms with van der Waals surface area (Å²) in [6.45, 7) is -0.00469. The van der Waals surface area contributed by atoms with Crippen LogP contribution in [0.5, 0.6) is 0 Å². The maximum Gasteiger partial charge on any atom is 0.316 e. The number of aliphatic hydroxyl groups is 2. The van der Waals surface area contributed by atoms with Crippen molar-refractivity contribution in [2.45, 2.75) is 0 Å². The quantitative estimate of drug-likeness (QED) is 0.278. The Morgan fingerprint density at radius 1 is 0.800 bits per heavy atom. The molecule has 0 aromatic carbocycles. The van der Waals surface area contributed by atoms with Crippen molar-refractivity contribution in [2.24, 2.45) is 0 Å². The normalized spacial score (nSPS) is 9.20. The second-order valence-electron chi connectivity index (χ2n) is 2.49. The topological polar surface area (TPSA) is 123 Å². The number of hydrogen-bond acceptors (Lipinski definition) is 4. The van der Waals surface area contributed by atoms with Crippen molar-refractivity contribution in [2.75, 3.05) is 33.0 Å². The molecule has 0 bridgehead atoms. The lowest BCUT2D eigenvalue weighted by Crippen LogP contribution is -2.46. The second kappa shape index (κ2) is 9.03. The summed E-state index contributed by atoms with van der Waals surface area (Å²) < 4.78 is 0. The van der Waals surface area contributed by atoms with Gasteiger partial charge in [-0.3, -0.25) is 0 Å². The summed E-state index contributed by atoms with van der Waals surface area (Å²) in [6, 6.07) is -0.960. The third-order valence-corrected chi connectivity index (χ3v) is 1.29. The summed E-state index contributed by atoms with van der Waals surface area (Å²) in [5.74, 6) is 0. The van der Waals surface area contributed by atoms with Crippen molar-refractivity contribution in [3.63, 3.8) is 0 Å². The van der Waals surface area contributed by atoms with E-state index < -0.39 is 12.1 Å². The molecule has 0 spiro atoms. The van der Waals surface area contributed by atoms with E-state index in [4.69, 9.17) is 10.2 Å². The Morgan fingerprint density at radius 3 is 1.53 bits per heavy atom. The van der Waals surface area contributed by atoms with Crippen molar-refractivity contribution in [3.05, 3.63) is 0 Å². The summed E-state index contributed by atoms with van der Waals surface area (Å²) in [6.07, 6.45) is 0. The SMILES string of the molecule is O=C(NCCO)NCNC(=O)NCCO. The predicted molar refractivity (Wildman–Crippen MR) is 52.1 cm³/mol. The molecule has 0 saturated carbocycles. The first-order valence-electron chi connectivity index (χ1n) is 4.45. The number of carbonyl (C=O) groups is 2. The highest BCUT2D eigenvalue weighted by molar-refractivity contribution is 5.76. The molecule has 0 aliphatic carbocycles. The van der Waals surface area contributed by atoms with Gasteiger partial charge < -0.3 is 31.5 Å². The van der Waals surface area contributed by atoms with E-state index in [0.29, 0.717) is 0 Å². The van der Waals surface area contributed by atoms with Gasteiger partial charge in [-0.2, -0.15) is 0 Å². The van der Waals surface area contributed by atoms with Crippen LogP contribution in [0.2, 0.25) is 0 Å². The number of amides is 4. The van der Waals surface area contributed by atoms with E-state index in [1.165, 1.54) is 0 Å². The number of aliphatic hydroxyl groups excluding tert-OH is 2. The van der Waals surface area contributed by atoms with Crippen LogP contribution in [0.15, 0.2) is 0 Å². The Morgan fingerprint density at radius 2 is 1.20 bits per heavy atom. The first kappa shape index (κ1) is 13.5. The Bertz CT molecular complexity index is 179. The van der Waals surface area contributed by atoms with E-state index >= 15 is 0 Å². The van der Waals surface area contributed by atoms with Crippen molar-refractivity contribution in [1.29, 1.82) is 0 Å². The molecule has 0 aliphatic heterocycles. The zero-order chi connectivity index (χ0) is 11.5. The molecule has 0 rings (SSSR count). The second-order valence-corrected chi connectivity index (χ2v) is 2.49. The van der Waals surface area contributed by atoms with Crippen molar-refractivity contribution < 1.29 is 19.8 Å². The van der Waals surface area contributed by atoms with E-state index in [1.54, 1.807) is 0 Å². The van der Waals surface area contributed by atoms with E-state index in [-0.39, 0.29) is 33.0 Å². The van der Waals surface area contributed by atoms with Gasteiger partial charge in [-0.1, -0.05) is 0 Å². The van der Waals surface area contributed by atoms with Crippen molar-refractivity contribution >= 4 is 12.1 Å². The maximum atomic E-state index is 10.9. The predicted octanol–water partition coefficient (Wildman–Crippen LogP) is -2.47. The van der Waals surface area contributed by atoms with Crippen molar-refractivity contribution in [3.8, 4) is 0 Å². The molecule has 15 heavy (non-hydrogen) atoms. The summed E-state index contributed by atoms with van der Waals surface area (Å²) >= 11 is 0. The Labute approximate surface area is 87.0 Å². The van der Waals surface area contributed by atoms with Gasteiger partial charge in [0.25, 0.3) is 0 Å². The molecule has 0 atom stereocenters. The fraction of sp³-hybridized carbons (Fsp3) is 0.714. The molecule has 0 aromatic rings. The Kier molecular flexibility index (Phi) is 8.10. The van der Waals surface area contributed by atoms with Gasteiger partial charge in [0.05, 0.1) is 19.9 Å². The Hall–Kier alpha value is -1.54. The number of nitrogens with one attached hydrogen (secondary N) is 4. The van der Waals surface area contributed by atoms with Crippen LogP contribution < -0.4 is 21.3 Å². The molecule has 6 N–H and O–H groups in total. The molecule has 0 radical (unpaired) electrons. The summed E-state index contributed by atoms with van der Waals surface area (Å²) in [4.78, 5) is 21.7. The molecule has 0 fully saturated rings. The number of rotatable bonds is 6. The van der Waals surface area contributed by atoms with Crippen LogP contribution in [0.4, 0.5) is 9.59 Å². The first-order chi connectivity index (χ1) is 7.20. The van der Waals surface area contributed by atoms with Gasteiger partial charge in [0.1, 0.15) is 0 Å². The number of carbonyl (C=O) groups excluding carboxylic acids is 2. The van der Waals surface area contributed by atoms with Crippen LogP contribution in [0.1, 0.15) is 0 Å². The average molecular weight is 220 g/mol. The summed E-state index contributed by atoms with van der Waals surface area (Å²) in [5.41, 5.74) is 0. The molecule has 0 aromatic heterocycles. The minimum Gasteiger partial charge on any atom is -0.395 e. The molecule has 88 valence electrons. The highest BCUT2D eigenvalue weighted by Crippen LogP contribution is 1.65. The molecular weight excluding hydrogens is 204 g/mol.